The first-order valence-corrected chi connectivity index (χ1v) is 25.8. The Morgan fingerprint density at radius 3 is 1.41 bits per heavy atom. The molecule has 6 N–H and O–H groups in total. The zero-order valence-electron chi connectivity index (χ0n) is 38.2. The lowest BCUT2D eigenvalue weighted by Gasteiger charge is -2.41. The van der Waals surface area contributed by atoms with Crippen molar-refractivity contribution in [3.05, 3.63) is 36.5 Å². The van der Waals surface area contributed by atoms with Gasteiger partial charge in [-0.15, -0.1) is 0 Å². The number of rotatable bonds is 41. The minimum atomic E-state index is -5.02. The number of hydrogen-bond acceptors (Lipinski definition) is 11. The SMILES string of the molecule is CCCCCC/C=C\C/C=C\CCCCCCCC(=O)OC(COCCCCCCCCCC/C=C\CCCCCCCC)COP(=O)(O)OC1C(O)C(O)C(O)C(O)C1O. The van der Waals surface area contributed by atoms with Crippen LogP contribution in [-0.4, -0.2) is 98.9 Å². The van der Waals surface area contributed by atoms with E-state index in [1.807, 2.05) is 0 Å². The van der Waals surface area contributed by atoms with Crippen molar-refractivity contribution in [3.8, 4) is 0 Å². The third-order valence-electron chi connectivity index (χ3n) is 11.2. The van der Waals surface area contributed by atoms with Gasteiger partial charge in [0.05, 0.1) is 13.2 Å². The van der Waals surface area contributed by atoms with Crippen molar-refractivity contribution < 1.29 is 58.3 Å². The Bertz CT molecular complexity index is 1150. The van der Waals surface area contributed by atoms with E-state index < -0.39 is 63.1 Å². The van der Waals surface area contributed by atoms with E-state index in [9.17, 15) is 39.8 Å². The van der Waals surface area contributed by atoms with Crippen LogP contribution in [0.2, 0.25) is 0 Å². The molecule has 1 rings (SSSR count). The van der Waals surface area contributed by atoms with Gasteiger partial charge in [0.25, 0.3) is 0 Å². The molecule has 6 atom stereocenters. The number of ether oxygens (including phenoxy) is 2. The highest BCUT2D eigenvalue weighted by Gasteiger charge is 2.51. The molecule has 0 radical (unpaired) electrons. The molecule has 0 bridgehead atoms. The summed E-state index contributed by atoms with van der Waals surface area (Å²) in [4.78, 5) is 23.2. The Kier molecular flexibility index (Phi) is 36.8. The predicted molar refractivity (Wildman–Crippen MR) is 244 cm³/mol. The Balaban J connectivity index is 2.38. The van der Waals surface area contributed by atoms with Crippen LogP contribution in [0.5, 0.6) is 0 Å². The normalized spacial score (nSPS) is 22.4. The second-order valence-electron chi connectivity index (χ2n) is 17.0. The van der Waals surface area contributed by atoms with E-state index in [4.69, 9.17) is 18.5 Å². The van der Waals surface area contributed by atoms with Gasteiger partial charge in [0.2, 0.25) is 0 Å². The number of hydrogen-bond donors (Lipinski definition) is 6. The van der Waals surface area contributed by atoms with Crippen LogP contribution in [0.25, 0.3) is 0 Å². The van der Waals surface area contributed by atoms with Gasteiger partial charge in [-0.05, 0) is 70.6 Å². The minimum absolute atomic E-state index is 0.0836. The summed E-state index contributed by atoms with van der Waals surface area (Å²) in [6.45, 7) is 4.23. The van der Waals surface area contributed by atoms with E-state index in [1.165, 1.54) is 109 Å². The van der Waals surface area contributed by atoms with E-state index in [2.05, 4.69) is 50.3 Å². The van der Waals surface area contributed by atoms with Crippen LogP contribution >= 0.6 is 7.82 Å². The fourth-order valence-corrected chi connectivity index (χ4v) is 8.29. The molecule has 1 aliphatic carbocycles. The largest absolute Gasteiger partial charge is 0.472 e. The van der Waals surface area contributed by atoms with Gasteiger partial charge < -0.3 is 39.9 Å². The van der Waals surface area contributed by atoms with Gasteiger partial charge in [0.1, 0.15) is 42.7 Å². The lowest BCUT2D eigenvalue weighted by atomic mass is 9.85. The maximum absolute atomic E-state index is 12.8. The highest BCUT2D eigenvalue weighted by molar-refractivity contribution is 7.47. The third kappa shape index (κ3) is 31.1. The molecule has 13 heteroatoms. The average Bonchev–Trinajstić information content (AvgIpc) is 3.24. The monoisotopic (exact) mass is 889 g/mol. The summed E-state index contributed by atoms with van der Waals surface area (Å²) in [5.74, 6) is -0.491. The molecule has 61 heavy (non-hydrogen) atoms. The van der Waals surface area contributed by atoms with E-state index in [0.717, 1.165) is 64.2 Å². The molecule has 1 aliphatic rings. The van der Waals surface area contributed by atoms with E-state index in [1.54, 1.807) is 0 Å². The molecular formula is C48H89O12P. The summed E-state index contributed by atoms with van der Waals surface area (Å²) in [6.07, 6.45) is 33.5. The van der Waals surface area contributed by atoms with Gasteiger partial charge >= 0.3 is 13.8 Å². The number of aliphatic hydroxyl groups is 5. The maximum atomic E-state index is 12.8. The number of phosphoric acid groups is 1. The fraction of sp³-hybridized carbons (Fsp3) is 0.854. The number of aliphatic hydroxyl groups excluding tert-OH is 5. The van der Waals surface area contributed by atoms with Crippen LogP contribution in [0, 0.1) is 0 Å². The number of allylic oxidation sites excluding steroid dienone is 6. The summed E-state index contributed by atoms with van der Waals surface area (Å²) >= 11 is 0. The highest BCUT2D eigenvalue weighted by atomic mass is 31.2. The summed E-state index contributed by atoms with van der Waals surface area (Å²) in [6, 6.07) is 0. The lowest BCUT2D eigenvalue weighted by Crippen LogP contribution is -2.64. The van der Waals surface area contributed by atoms with Crippen molar-refractivity contribution in [2.24, 2.45) is 0 Å². The van der Waals surface area contributed by atoms with Crippen LogP contribution in [0.3, 0.4) is 0 Å². The number of carbonyl (C=O) groups excluding carboxylic acids is 1. The van der Waals surface area contributed by atoms with E-state index >= 15 is 0 Å². The molecule has 0 amide bonds. The Hall–Kier alpha value is -1.44. The van der Waals surface area contributed by atoms with Crippen LogP contribution in [0.15, 0.2) is 36.5 Å². The van der Waals surface area contributed by atoms with E-state index in [0.29, 0.717) is 13.0 Å². The van der Waals surface area contributed by atoms with Crippen molar-refractivity contribution in [3.63, 3.8) is 0 Å². The molecule has 0 aromatic rings. The van der Waals surface area contributed by atoms with Crippen LogP contribution in [0.4, 0.5) is 0 Å². The van der Waals surface area contributed by atoms with Crippen LogP contribution < -0.4 is 0 Å². The summed E-state index contributed by atoms with van der Waals surface area (Å²) in [5.41, 5.74) is 0. The minimum Gasteiger partial charge on any atom is -0.457 e. The van der Waals surface area contributed by atoms with Gasteiger partial charge in [0, 0.05) is 13.0 Å². The first-order valence-electron chi connectivity index (χ1n) is 24.3. The van der Waals surface area contributed by atoms with Gasteiger partial charge in [-0.2, -0.15) is 0 Å². The molecule has 0 aromatic heterocycles. The van der Waals surface area contributed by atoms with Crippen molar-refractivity contribution >= 4 is 13.8 Å². The summed E-state index contributed by atoms with van der Waals surface area (Å²) in [5, 5.41) is 50.2. The molecule has 358 valence electrons. The Morgan fingerprint density at radius 2 is 0.918 bits per heavy atom. The van der Waals surface area contributed by atoms with Gasteiger partial charge in [-0.3, -0.25) is 13.8 Å². The molecule has 0 aliphatic heterocycles. The predicted octanol–water partition coefficient (Wildman–Crippen LogP) is 10.3. The maximum Gasteiger partial charge on any atom is 0.472 e. The molecule has 0 saturated heterocycles. The quantitative estimate of drug-likeness (QED) is 0.0148. The topological polar surface area (TPSA) is 192 Å². The first kappa shape index (κ1) is 57.6. The number of esters is 1. The Labute approximate surface area is 370 Å². The second kappa shape index (κ2) is 39.0. The van der Waals surface area contributed by atoms with Gasteiger partial charge in [-0.25, -0.2) is 4.57 Å². The Morgan fingerprint density at radius 1 is 0.525 bits per heavy atom. The number of phosphoric ester groups is 1. The molecule has 0 aromatic carbocycles. The van der Waals surface area contributed by atoms with E-state index in [-0.39, 0.29) is 13.0 Å². The zero-order chi connectivity index (χ0) is 44.8. The molecule has 1 saturated carbocycles. The first-order chi connectivity index (χ1) is 29.5. The summed E-state index contributed by atoms with van der Waals surface area (Å²) in [7, 11) is -5.02. The van der Waals surface area contributed by atoms with Crippen LogP contribution in [-0.2, 0) is 27.9 Å². The van der Waals surface area contributed by atoms with Crippen molar-refractivity contribution in [1.29, 1.82) is 0 Å². The summed E-state index contributed by atoms with van der Waals surface area (Å²) < 4.78 is 34.2. The second-order valence-corrected chi connectivity index (χ2v) is 18.4. The number of unbranched alkanes of at least 4 members (excludes halogenated alkanes) is 23. The van der Waals surface area contributed by atoms with Crippen molar-refractivity contribution in [2.75, 3.05) is 19.8 Å². The fourth-order valence-electron chi connectivity index (χ4n) is 7.32. The van der Waals surface area contributed by atoms with Crippen LogP contribution in [0.1, 0.15) is 200 Å². The molecule has 0 heterocycles. The molecule has 6 unspecified atom stereocenters. The molecule has 12 nitrogen and oxygen atoms in total. The zero-order valence-corrected chi connectivity index (χ0v) is 39.1. The average molecular weight is 889 g/mol. The highest BCUT2D eigenvalue weighted by Crippen LogP contribution is 2.47. The van der Waals surface area contributed by atoms with Gasteiger partial charge in [-0.1, -0.05) is 159 Å². The number of carbonyl (C=O) groups is 1. The van der Waals surface area contributed by atoms with Gasteiger partial charge in [0.15, 0.2) is 0 Å². The molecule has 0 spiro atoms. The molecular weight excluding hydrogens is 799 g/mol. The smallest absolute Gasteiger partial charge is 0.457 e. The lowest BCUT2D eigenvalue weighted by molar-refractivity contribution is -0.220. The third-order valence-corrected chi connectivity index (χ3v) is 12.2. The van der Waals surface area contributed by atoms with Crippen molar-refractivity contribution in [2.45, 2.75) is 243 Å². The standard InChI is InChI=1S/C48H89O12P/c1-3-5-7-9-11-13-15-17-19-21-22-24-26-28-30-32-34-36-38-57-39-41(40-58-61(55,56)60-48-46(53)44(51)43(50)45(52)47(48)54)59-42(49)37-35-33-31-29-27-25-23-20-18-16-14-12-10-8-6-4-2/h14,16-17,19-20,23,41,43-48,50-54H,3-13,15,18,21-22,24-40H2,1-2H3,(H,55,56)/b16-14-,19-17-,23-20-. The molecule has 1 fully saturated rings. The van der Waals surface area contributed by atoms with Crippen molar-refractivity contribution in [1.82, 2.24) is 0 Å².